The molecule has 174 valence electrons. The molecule has 0 radical (unpaired) electrons. The highest BCUT2D eigenvalue weighted by Gasteiger charge is 2.39. The van der Waals surface area contributed by atoms with Crippen molar-refractivity contribution in [3.63, 3.8) is 0 Å². The van der Waals surface area contributed by atoms with Crippen molar-refractivity contribution in [1.82, 2.24) is 14.5 Å². The molecule has 2 saturated heterocycles. The van der Waals surface area contributed by atoms with Gasteiger partial charge in [-0.15, -0.1) is 0 Å². The Morgan fingerprint density at radius 3 is 2.59 bits per heavy atom. The molecule has 1 N–H and O–H groups in total. The molecule has 0 bridgehead atoms. The molecule has 0 aromatic heterocycles. The van der Waals surface area contributed by atoms with Gasteiger partial charge in [0, 0.05) is 38.1 Å². The summed E-state index contributed by atoms with van der Waals surface area (Å²) in [6.07, 6.45) is 1.57. The number of nitrogens with one attached hydrogen (secondary N) is 1. The highest BCUT2D eigenvalue weighted by Crippen LogP contribution is 2.31. The maximum Gasteiger partial charge on any atom is 0.255 e. The van der Waals surface area contributed by atoms with Crippen LogP contribution in [0.4, 0.5) is 0 Å². The van der Waals surface area contributed by atoms with Crippen molar-refractivity contribution in [1.29, 1.82) is 0 Å². The first kappa shape index (κ1) is 22.7. The van der Waals surface area contributed by atoms with E-state index in [0.717, 1.165) is 5.56 Å². The molecule has 0 aliphatic carbocycles. The molecule has 10 nitrogen and oxygen atoms in total. The summed E-state index contributed by atoms with van der Waals surface area (Å²) in [5, 5.41) is 2.29. The lowest BCUT2D eigenvalue weighted by atomic mass is 10.0. The summed E-state index contributed by atoms with van der Waals surface area (Å²) in [5.74, 6) is -0.508. The van der Waals surface area contributed by atoms with Crippen LogP contribution in [0.5, 0.6) is 5.75 Å². The van der Waals surface area contributed by atoms with Gasteiger partial charge in [-0.25, -0.2) is 8.42 Å². The monoisotopic (exact) mass is 465 g/mol. The fraction of sp³-hybridized carbons (Fsp3) is 0.571. The number of piperidine rings is 2. The molecule has 2 fully saturated rings. The van der Waals surface area contributed by atoms with Gasteiger partial charge in [-0.2, -0.15) is 4.31 Å². The van der Waals surface area contributed by atoms with Crippen LogP contribution in [0, 0.1) is 0 Å². The topological polar surface area (TPSA) is 122 Å². The van der Waals surface area contributed by atoms with E-state index in [9.17, 15) is 22.8 Å². The van der Waals surface area contributed by atoms with E-state index >= 15 is 0 Å². The smallest absolute Gasteiger partial charge is 0.255 e. The minimum atomic E-state index is -3.39. The molecule has 3 aliphatic heterocycles. The molecule has 0 spiro atoms. The van der Waals surface area contributed by atoms with Gasteiger partial charge in [0.25, 0.3) is 5.91 Å². The van der Waals surface area contributed by atoms with Crippen LogP contribution in [-0.4, -0.2) is 79.5 Å². The first-order valence-corrected chi connectivity index (χ1v) is 12.5. The summed E-state index contributed by atoms with van der Waals surface area (Å²) < 4.78 is 37.3. The number of sulfonamides is 1. The lowest BCUT2D eigenvalue weighted by Crippen LogP contribution is -2.52. The molecule has 0 saturated carbocycles. The Bertz CT molecular complexity index is 1040. The van der Waals surface area contributed by atoms with E-state index in [1.54, 1.807) is 18.2 Å². The zero-order valence-corrected chi connectivity index (χ0v) is 18.9. The summed E-state index contributed by atoms with van der Waals surface area (Å²) >= 11 is 0. The van der Waals surface area contributed by atoms with E-state index in [4.69, 9.17) is 9.47 Å². The summed E-state index contributed by atoms with van der Waals surface area (Å²) in [6.45, 7) is 3.11. The largest absolute Gasteiger partial charge is 0.489 e. The summed E-state index contributed by atoms with van der Waals surface area (Å²) in [7, 11) is -3.39. The number of hydrogen-bond acceptors (Lipinski definition) is 7. The number of hydrogen-bond donors (Lipinski definition) is 1. The second-order valence-electron chi connectivity index (χ2n) is 8.35. The number of rotatable bonds is 6. The van der Waals surface area contributed by atoms with E-state index in [0.29, 0.717) is 37.3 Å². The summed E-state index contributed by atoms with van der Waals surface area (Å²) in [4.78, 5) is 37.9. The van der Waals surface area contributed by atoms with Crippen molar-refractivity contribution in [3.8, 4) is 5.75 Å². The summed E-state index contributed by atoms with van der Waals surface area (Å²) in [5.41, 5.74) is 1.23. The van der Waals surface area contributed by atoms with Gasteiger partial charge in [-0.3, -0.25) is 19.7 Å². The lowest BCUT2D eigenvalue weighted by molar-refractivity contribution is -0.136. The number of amides is 3. The second kappa shape index (κ2) is 8.80. The normalized spacial score (nSPS) is 26.8. The minimum Gasteiger partial charge on any atom is -0.489 e. The lowest BCUT2D eigenvalue weighted by Gasteiger charge is -2.36. The maximum atomic E-state index is 12.8. The van der Waals surface area contributed by atoms with Gasteiger partial charge in [0.15, 0.2) is 0 Å². The number of nitrogens with zero attached hydrogens (tertiary/aromatic N) is 2. The van der Waals surface area contributed by atoms with E-state index < -0.39 is 28.1 Å². The van der Waals surface area contributed by atoms with E-state index in [2.05, 4.69) is 5.32 Å². The Hall–Kier alpha value is -2.50. The second-order valence-corrected chi connectivity index (χ2v) is 10.3. The summed E-state index contributed by atoms with van der Waals surface area (Å²) in [6, 6.07) is 4.43. The van der Waals surface area contributed by atoms with Crippen LogP contribution in [0.2, 0.25) is 0 Å². The van der Waals surface area contributed by atoms with Crippen LogP contribution in [0.15, 0.2) is 18.2 Å². The Labute approximate surface area is 186 Å². The van der Waals surface area contributed by atoms with Gasteiger partial charge >= 0.3 is 0 Å². The van der Waals surface area contributed by atoms with Crippen molar-refractivity contribution in [2.45, 2.75) is 51.0 Å². The predicted molar refractivity (Wildman–Crippen MR) is 113 cm³/mol. The van der Waals surface area contributed by atoms with Crippen molar-refractivity contribution < 1.29 is 32.3 Å². The third-order valence-corrected chi connectivity index (χ3v) is 7.25. The van der Waals surface area contributed by atoms with E-state index in [1.165, 1.54) is 15.5 Å². The van der Waals surface area contributed by atoms with Crippen LogP contribution < -0.4 is 10.1 Å². The average molecular weight is 466 g/mol. The van der Waals surface area contributed by atoms with Gasteiger partial charge in [-0.1, -0.05) is 0 Å². The third kappa shape index (κ3) is 4.64. The first-order chi connectivity index (χ1) is 15.2. The van der Waals surface area contributed by atoms with Gasteiger partial charge in [0.1, 0.15) is 17.9 Å². The Balaban J connectivity index is 1.48. The molecule has 3 atom stereocenters. The average Bonchev–Trinajstić information content (AvgIpc) is 3.03. The molecular formula is C21H27N3O7S. The number of imide groups is 1. The van der Waals surface area contributed by atoms with Gasteiger partial charge in [0.05, 0.1) is 18.9 Å². The van der Waals surface area contributed by atoms with Crippen LogP contribution in [0.3, 0.4) is 0 Å². The van der Waals surface area contributed by atoms with Crippen LogP contribution >= 0.6 is 0 Å². The number of fused-ring (bicyclic) bond motifs is 1. The Morgan fingerprint density at radius 1 is 1.16 bits per heavy atom. The van der Waals surface area contributed by atoms with Crippen LogP contribution in [0.1, 0.15) is 42.1 Å². The SMILES string of the molecule is CCO[C@@H]1C[C@@H](Oc2ccc3c(c2)CN(C2CCC(=O)NC2=O)C3=O)CN(S(C)(=O)=O)C1. The quantitative estimate of drug-likeness (QED) is 0.598. The fourth-order valence-corrected chi connectivity index (χ4v) is 5.37. The molecule has 3 heterocycles. The standard InChI is InChI=1S/C21H27N3O7S/c1-3-30-15-9-16(12-23(11-15)32(2,28)29)31-14-4-5-17-13(8-14)10-24(21(17)27)18-6-7-19(25)22-20(18)26/h4-5,8,15-16,18H,3,6-7,9-12H2,1-2H3,(H,22,25,26)/t15-,16-,18?/m1/s1. The van der Waals surface area contributed by atoms with Crippen LogP contribution in [0.25, 0.3) is 0 Å². The molecule has 4 rings (SSSR count). The van der Waals surface area contributed by atoms with Gasteiger partial charge in [0.2, 0.25) is 21.8 Å². The van der Waals surface area contributed by atoms with Crippen molar-refractivity contribution in [2.24, 2.45) is 0 Å². The zero-order valence-electron chi connectivity index (χ0n) is 18.1. The van der Waals surface area contributed by atoms with E-state index in [1.807, 2.05) is 6.92 Å². The molecule has 3 amide bonds. The number of carbonyl (C=O) groups excluding carboxylic acids is 3. The Morgan fingerprint density at radius 2 is 1.91 bits per heavy atom. The molecule has 3 aliphatic rings. The van der Waals surface area contributed by atoms with E-state index in [-0.39, 0.29) is 37.4 Å². The van der Waals surface area contributed by atoms with Crippen LogP contribution in [-0.2, 0) is 30.9 Å². The Kier molecular flexibility index (Phi) is 6.24. The predicted octanol–water partition coefficient (Wildman–Crippen LogP) is 0.265. The van der Waals surface area contributed by atoms with Crippen molar-refractivity contribution in [3.05, 3.63) is 29.3 Å². The number of benzene rings is 1. The molecule has 1 unspecified atom stereocenters. The molecule has 1 aromatic carbocycles. The van der Waals surface area contributed by atoms with Crippen molar-refractivity contribution in [2.75, 3.05) is 26.0 Å². The maximum absolute atomic E-state index is 12.8. The first-order valence-electron chi connectivity index (χ1n) is 10.7. The number of ether oxygens (including phenoxy) is 2. The highest BCUT2D eigenvalue weighted by molar-refractivity contribution is 7.88. The van der Waals surface area contributed by atoms with Crippen molar-refractivity contribution >= 4 is 27.7 Å². The minimum absolute atomic E-state index is 0.199. The number of carbonyl (C=O) groups is 3. The molecular weight excluding hydrogens is 438 g/mol. The molecule has 11 heteroatoms. The fourth-order valence-electron chi connectivity index (χ4n) is 4.50. The van der Waals surface area contributed by atoms with Gasteiger partial charge in [-0.05, 0) is 37.1 Å². The highest BCUT2D eigenvalue weighted by atomic mass is 32.2. The molecule has 1 aromatic rings. The third-order valence-electron chi connectivity index (χ3n) is 6.01. The zero-order chi connectivity index (χ0) is 23.0. The van der Waals surface area contributed by atoms with Gasteiger partial charge < -0.3 is 14.4 Å². The molecule has 32 heavy (non-hydrogen) atoms.